The molecule has 44 heteroatoms. The molecule has 9 aliphatic rings. The standard InChI is InChI=1S/C21H25ClF2N6OS.C20H25ClF2N4O2S.C18H23ClF2N4O3S2.C18H23ClF2N4O3S/c1-13-9-20(19-15(8-18(22)32-19)21(23,24)12-31-20)10-16(26-13)17-11-30(28-27-17)6-3-5-29-7-4-25-14(29)2;1-12-7-19(18-14(6-17(21)30-18)20(22,23)11-29-19)8-15(24-12)16-10-27(26-25-16)9-13-4-2-3-5-28-13;1-11-7-17(16-12(6-15(19)29-16)18(20,21)10-28-17)8-13(22-11)14-9-25(24-23-14)4-3-5-30(2,26)27;1-10-4-17(16-12(3-15(19)29-16)18(20,21)9-28-17)5-13(22-10)14-7-25(24-23-14)6-11(26)8-27-2/h4,7-8,11,13,16,26H,3,5-6,9-10,12H2,1-2H3;6,10,12-13,15,24H,2-5,7-9,11H2,1H3;6,9,11,13,22H,3-5,7-8,10H2,1-2H3;3,7,10-11,13,22,26H,4-6,8-9H2,1-2H3/t13-,16-,20-;12-,13?,15-,19-;11-,13-,17-;10-,11?,13-,17-/m0000/s1. The molecule has 5 N–H and O–H groups in total. The smallest absolute Gasteiger partial charge is 0.297 e. The van der Waals surface area contributed by atoms with Gasteiger partial charge in [-0.25, -0.2) is 22.8 Å². The minimum atomic E-state index is -3.06. The van der Waals surface area contributed by atoms with Crippen LogP contribution in [0, 0.1) is 6.92 Å². The number of hydrogen-bond donors (Lipinski definition) is 5. The number of methoxy groups -OCH3 is 1. The molecule has 18 rings (SSSR count). The molecular weight excluding hydrogens is 1780 g/mol. The van der Waals surface area contributed by atoms with E-state index in [1.165, 1.54) is 66.7 Å². The molecule has 0 aromatic carbocycles. The van der Waals surface area contributed by atoms with Crippen molar-refractivity contribution in [3.05, 3.63) is 149 Å². The second-order valence-corrected chi connectivity index (χ2v) is 42.4. The number of sulfone groups is 1. The predicted molar refractivity (Wildman–Crippen MR) is 439 cm³/mol. The highest BCUT2D eigenvalue weighted by atomic mass is 35.5. The lowest BCUT2D eigenvalue weighted by Gasteiger charge is -2.47. The van der Waals surface area contributed by atoms with Crippen LogP contribution in [0.2, 0.25) is 17.3 Å². The van der Waals surface area contributed by atoms with E-state index in [9.17, 15) is 48.6 Å². The Morgan fingerprint density at radius 3 is 1.23 bits per heavy atom. The Kier molecular flexibility index (Phi) is 27.0. The molecule has 0 aliphatic carbocycles. The molecule has 0 amide bonds. The number of rotatable bonds is 18. The maximum atomic E-state index is 14.5. The van der Waals surface area contributed by atoms with Crippen LogP contribution in [0.1, 0.15) is 206 Å². The van der Waals surface area contributed by atoms with Crippen molar-refractivity contribution >= 4 is 102 Å². The molecule has 9 aromatic rings. The van der Waals surface area contributed by atoms with Crippen LogP contribution in [0.3, 0.4) is 0 Å². The molecule has 5 fully saturated rings. The van der Waals surface area contributed by atoms with Crippen molar-refractivity contribution in [2.75, 3.05) is 58.8 Å². The molecule has 0 saturated carbocycles. The first-order valence-corrected chi connectivity index (χ1v) is 47.0. The third-order valence-electron chi connectivity index (χ3n) is 23.5. The number of aromatic nitrogens is 14. The first kappa shape index (κ1) is 90.5. The minimum Gasteiger partial charge on any atom is -0.389 e. The summed E-state index contributed by atoms with van der Waals surface area (Å²) in [4.78, 5) is 6.31. The maximum absolute atomic E-state index is 14.5. The number of thiophene rings is 4. The van der Waals surface area contributed by atoms with E-state index < -0.39 is 88.5 Å². The molecule has 0 bridgehead atoms. The molecule has 27 nitrogen and oxygen atoms in total. The second kappa shape index (κ2) is 36.1. The summed E-state index contributed by atoms with van der Waals surface area (Å²) < 4.78 is 183. The molecule has 0 radical (unpaired) electrons. The number of halogens is 12. The summed E-state index contributed by atoms with van der Waals surface area (Å²) in [5.41, 5.74) is -0.419. The Labute approximate surface area is 729 Å². The zero-order valence-corrected chi connectivity index (χ0v) is 74.4. The van der Waals surface area contributed by atoms with Gasteiger partial charge in [0.25, 0.3) is 23.7 Å². The quantitative estimate of drug-likeness (QED) is 0.0499. The van der Waals surface area contributed by atoms with Gasteiger partial charge >= 0.3 is 0 Å². The van der Waals surface area contributed by atoms with Crippen molar-refractivity contribution in [2.24, 2.45) is 0 Å². The Bertz CT molecular complexity index is 5200. The molecule has 662 valence electrons. The monoisotopic (exact) mass is 1870 g/mol. The van der Waals surface area contributed by atoms with E-state index in [2.05, 4.69) is 72.1 Å². The van der Waals surface area contributed by atoms with Gasteiger partial charge in [0.05, 0.1) is 127 Å². The molecule has 5 saturated heterocycles. The highest BCUT2D eigenvalue weighted by molar-refractivity contribution is 7.90. The van der Waals surface area contributed by atoms with Gasteiger partial charge in [-0.1, -0.05) is 67.3 Å². The Morgan fingerprint density at radius 2 is 0.884 bits per heavy atom. The number of piperidine rings is 4. The van der Waals surface area contributed by atoms with Gasteiger partial charge in [-0.2, -0.15) is 35.1 Å². The fourth-order valence-electron chi connectivity index (χ4n) is 18.3. The minimum absolute atomic E-state index is 0.000387. The number of ether oxygens (including phenoxy) is 6. The van der Waals surface area contributed by atoms with Gasteiger partial charge in [-0.05, 0) is 117 Å². The van der Waals surface area contributed by atoms with Crippen LogP contribution in [-0.2, 0) is 117 Å². The van der Waals surface area contributed by atoms with Crippen LogP contribution < -0.4 is 21.3 Å². The molecular formula is C77H96Cl4F8N18O9S5. The van der Waals surface area contributed by atoms with Gasteiger partial charge in [-0.3, -0.25) is 9.36 Å². The van der Waals surface area contributed by atoms with Crippen LogP contribution in [0.25, 0.3) is 0 Å². The highest BCUT2D eigenvalue weighted by Crippen LogP contribution is 2.60. The SMILES string of the molecule is COCC(O)Cn1cc([C@@H]2C[C@]3(C[C@H](C)N2)OCC(F)(F)c2cc(Cl)sc23)nn1.C[C@H]1C[C@@]2(C[C@@H](c3cn(CC4CCCCO4)nn3)N1)OCC(F)(F)c1cc(Cl)sc12.C[C@H]1C[C@@]2(C[C@@H](c3cn(CCCS(C)(=O)=O)nn3)N1)OCC(F)(F)c1cc(Cl)sc12.Cc1nccn1CCCn1cc([C@@H]2C[C@]3(C[C@H](C)N2)OCC(F)(F)c2cc(Cl)sc23)nn1. The highest BCUT2D eigenvalue weighted by Gasteiger charge is 2.59. The van der Waals surface area contributed by atoms with Crippen molar-refractivity contribution < 1.29 is 77.1 Å². The van der Waals surface area contributed by atoms with Crippen molar-refractivity contribution in [3.8, 4) is 0 Å². The lowest BCUT2D eigenvalue weighted by Crippen LogP contribution is -2.51. The summed E-state index contributed by atoms with van der Waals surface area (Å²) in [5, 5.41) is 57.8. The van der Waals surface area contributed by atoms with E-state index in [1.54, 1.807) is 28.0 Å². The number of alkyl halides is 8. The number of hydrogen-bond acceptors (Lipinski definition) is 26. The number of aryl methyl sites for hydroxylation is 4. The van der Waals surface area contributed by atoms with Gasteiger partial charge < -0.3 is 59.4 Å². The van der Waals surface area contributed by atoms with E-state index in [1.807, 2.05) is 62.6 Å². The molecule has 9 aliphatic heterocycles. The Hall–Kier alpha value is -5.32. The molecule has 9 aromatic heterocycles. The lowest BCUT2D eigenvalue weighted by atomic mass is 9.78. The van der Waals surface area contributed by atoms with E-state index >= 15 is 0 Å². The first-order valence-electron chi connectivity index (χ1n) is 40.2. The second-order valence-electron chi connectivity index (χ2n) is 33.4. The van der Waals surface area contributed by atoms with E-state index in [0.29, 0.717) is 119 Å². The number of nitrogens with zero attached hydrogens (tertiary/aromatic N) is 14. The zero-order valence-electron chi connectivity index (χ0n) is 67.3. The number of aliphatic hydroxyl groups is 1. The fraction of sp³-hybridized carbons (Fsp3) is 0.649. The summed E-state index contributed by atoms with van der Waals surface area (Å²) in [6.07, 6.45) is 20.7. The van der Waals surface area contributed by atoms with Crippen molar-refractivity contribution in [1.29, 1.82) is 0 Å². The number of aliphatic hydroxyl groups excluding tert-OH is 1. The van der Waals surface area contributed by atoms with Crippen LogP contribution in [0.15, 0.2) is 61.4 Å². The van der Waals surface area contributed by atoms with Gasteiger partial charge in [0, 0.05) is 144 Å². The van der Waals surface area contributed by atoms with Crippen molar-refractivity contribution in [2.45, 2.75) is 257 Å². The van der Waals surface area contributed by atoms with Crippen LogP contribution in [0.5, 0.6) is 0 Å². The third kappa shape index (κ3) is 20.2. The van der Waals surface area contributed by atoms with Gasteiger partial charge in [-0.15, -0.1) is 65.7 Å². The molecule has 18 heterocycles. The van der Waals surface area contributed by atoms with Crippen LogP contribution in [0.4, 0.5) is 35.1 Å². The molecule has 2 unspecified atom stereocenters. The van der Waals surface area contributed by atoms with Gasteiger partial charge in [0.15, 0.2) is 0 Å². The van der Waals surface area contributed by atoms with Gasteiger partial charge in [0.2, 0.25) is 0 Å². The van der Waals surface area contributed by atoms with Crippen LogP contribution in [-0.4, -0.2) is 178 Å². The normalized spacial score (nSPS) is 29.7. The summed E-state index contributed by atoms with van der Waals surface area (Å²) in [6, 6.07) is 4.88. The average molecular weight is 1870 g/mol. The molecule has 121 heavy (non-hydrogen) atoms. The molecule has 4 spiro atoms. The summed E-state index contributed by atoms with van der Waals surface area (Å²) >= 11 is 29.2. The number of nitrogens with one attached hydrogen (secondary N) is 4. The topological polar surface area (TPSA) is 299 Å². The zero-order chi connectivity index (χ0) is 86.0. The predicted octanol–water partition coefficient (Wildman–Crippen LogP) is 14.9. The summed E-state index contributed by atoms with van der Waals surface area (Å²) in [7, 11) is -1.52. The summed E-state index contributed by atoms with van der Waals surface area (Å²) in [5.74, 6) is -11.1. The van der Waals surface area contributed by atoms with E-state index in [0.717, 1.165) is 78.8 Å². The fourth-order valence-corrected chi connectivity index (χ4v) is 24.7. The lowest BCUT2D eigenvalue weighted by molar-refractivity contribution is -0.183. The number of fused-ring (bicyclic) bond motifs is 8. The Balaban J connectivity index is 0.000000126. The van der Waals surface area contributed by atoms with E-state index in [4.69, 9.17) is 74.8 Å². The average Bonchev–Trinajstić information content (AvgIpc) is 1.67. The maximum Gasteiger partial charge on any atom is 0.297 e. The summed E-state index contributed by atoms with van der Waals surface area (Å²) in [6.45, 7) is 11.4. The first-order chi connectivity index (χ1) is 57.3. The third-order valence-corrected chi connectivity index (χ3v) is 30.3. The molecule has 14 atom stereocenters. The van der Waals surface area contributed by atoms with Crippen molar-refractivity contribution in [1.82, 2.24) is 90.8 Å². The van der Waals surface area contributed by atoms with Crippen molar-refractivity contribution in [3.63, 3.8) is 0 Å². The van der Waals surface area contributed by atoms with E-state index in [-0.39, 0.29) is 95.6 Å². The van der Waals surface area contributed by atoms with Gasteiger partial charge in [0.1, 0.15) is 64.5 Å². The van der Waals surface area contributed by atoms with Crippen LogP contribution >= 0.6 is 91.8 Å². The number of imidazole rings is 1. The Morgan fingerprint density at radius 1 is 0.529 bits per heavy atom. The largest absolute Gasteiger partial charge is 0.389 e.